The number of hydrogen-bond acceptors (Lipinski definition) is 4. The van der Waals surface area contributed by atoms with Gasteiger partial charge >= 0.3 is 0 Å². The molecule has 5 heteroatoms. The zero-order chi connectivity index (χ0) is 11.9. The van der Waals surface area contributed by atoms with Crippen LogP contribution < -0.4 is 5.32 Å². The Hall–Kier alpha value is -1.07. The first-order valence-corrected chi connectivity index (χ1v) is 6.73. The lowest BCUT2D eigenvalue weighted by Crippen LogP contribution is -2.44. The number of fused-ring (bicyclic) bond motifs is 1. The van der Waals surface area contributed by atoms with Gasteiger partial charge in [-0.15, -0.1) is 0 Å². The molecule has 16 heavy (non-hydrogen) atoms. The molecule has 0 fully saturated rings. The van der Waals surface area contributed by atoms with Crippen molar-refractivity contribution < 1.29 is 13.5 Å². The highest BCUT2D eigenvalue weighted by atomic mass is 32.2. The zero-order valence-corrected chi connectivity index (χ0v) is 10.1. The summed E-state index contributed by atoms with van der Waals surface area (Å²) in [5, 5.41) is 11.5. The largest absolute Gasteiger partial charge is 0.395 e. The monoisotopic (exact) mass is 241 g/mol. The van der Waals surface area contributed by atoms with Gasteiger partial charge in [-0.05, 0) is 31.5 Å². The molecule has 1 aliphatic rings. The lowest BCUT2D eigenvalue weighted by molar-refractivity contribution is 0.282. The molecule has 0 aliphatic carbocycles. The molecule has 0 saturated heterocycles. The Morgan fingerprint density at radius 3 is 2.75 bits per heavy atom. The van der Waals surface area contributed by atoms with Gasteiger partial charge in [-0.25, -0.2) is 8.42 Å². The van der Waals surface area contributed by atoms with E-state index in [1.807, 2.05) is 13.0 Å². The number of nitrogens with one attached hydrogen (secondary N) is 1. The van der Waals surface area contributed by atoms with Gasteiger partial charge in [0.05, 0.1) is 17.2 Å². The molecule has 0 saturated carbocycles. The fourth-order valence-corrected chi connectivity index (χ4v) is 3.84. The lowest BCUT2D eigenvalue weighted by atomic mass is 10.1. The molecule has 2 atom stereocenters. The van der Waals surface area contributed by atoms with Gasteiger partial charge in [0.1, 0.15) is 5.25 Å². The standard InChI is InChI=1S/C11H15NO3S/c1-7-3-4-10-9(5-7)12-8(2)11(6-13)16(10,14)15/h3-5,8,11-13H,6H2,1-2H3. The molecule has 0 spiro atoms. The van der Waals surface area contributed by atoms with Crippen LogP contribution in [0.15, 0.2) is 23.1 Å². The molecular weight excluding hydrogens is 226 g/mol. The average molecular weight is 241 g/mol. The van der Waals surface area contributed by atoms with Crippen molar-refractivity contribution in [1.82, 2.24) is 0 Å². The normalized spacial score (nSPS) is 26.9. The summed E-state index contributed by atoms with van der Waals surface area (Å²) >= 11 is 0. The molecule has 0 bridgehead atoms. The van der Waals surface area contributed by atoms with Crippen molar-refractivity contribution in [1.29, 1.82) is 0 Å². The summed E-state index contributed by atoms with van der Waals surface area (Å²) < 4.78 is 24.3. The van der Waals surface area contributed by atoms with Crippen LogP contribution >= 0.6 is 0 Å². The van der Waals surface area contributed by atoms with Crippen LogP contribution in [0.5, 0.6) is 0 Å². The molecule has 1 aromatic rings. The van der Waals surface area contributed by atoms with Gasteiger partial charge in [0.15, 0.2) is 9.84 Å². The first kappa shape index (κ1) is 11.4. The first-order valence-electron chi connectivity index (χ1n) is 5.19. The third kappa shape index (κ3) is 1.60. The topological polar surface area (TPSA) is 66.4 Å². The van der Waals surface area contributed by atoms with E-state index in [0.717, 1.165) is 5.56 Å². The Labute approximate surface area is 95.2 Å². The maximum absolute atomic E-state index is 12.2. The van der Waals surface area contributed by atoms with Crippen molar-refractivity contribution in [3.63, 3.8) is 0 Å². The van der Waals surface area contributed by atoms with E-state index in [2.05, 4.69) is 5.32 Å². The number of anilines is 1. The summed E-state index contributed by atoms with van der Waals surface area (Å²) in [6.45, 7) is 3.32. The molecular formula is C11H15NO3S. The Morgan fingerprint density at radius 1 is 1.44 bits per heavy atom. The summed E-state index contributed by atoms with van der Waals surface area (Å²) in [6.07, 6.45) is 0. The van der Waals surface area contributed by atoms with Crippen LogP contribution in [0.4, 0.5) is 5.69 Å². The first-order chi connectivity index (χ1) is 7.46. The fourth-order valence-electron chi connectivity index (χ4n) is 2.03. The van der Waals surface area contributed by atoms with E-state index in [9.17, 15) is 8.42 Å². The minimum atomic E-state index is -3.41. The smallest absolute Gasteiger partial charge is 0.187 e. The number of sulfone groups is 1. The van der Waals surface area contributed by atoms with Crippen LogP contribution in [0.25, 0.3) is 0 Å². The summed E-state index contributed by atoms with van der Waals surface area (Å²) in [6, 6.07) is 4.91. The van der Waals surface area contributed by atoms with Crippen LogP contribution in [0, 0.1) is 6.92 Å². The van der Waals surface area contributed by atoms with Gasteiger partial charge in [-0.2, -0.15) is 0 Å². The van der Waals surface area contributed by atoms with Crippen molar-refractivity contribution in [3.05, 3.63) is 23.8 Å². The highest BCUT2D eigenvalue weighted by Gasteiger charge is 2.37. The maximum atomic E-state index is 12.2. The minimum Gasteiger partial charge on any atom is -0.395 e. The molecule has 2 N–H and O–H groups in total. The molecule has 4 nitrogen and oxygen atoms in total. The van der Waals surface area contributed by atoms with E-state index in [-0.39, 0.29) is 17.5 Å². The molecule has 1 aliphatic heterocycles. The summed E-state index contributed by atoms with van der Waals surface area (Å²) in [5.41, 5.74) is 1.65. The number of rotatable bonds is 1. The Balaban J connectivity index is 2.62. The maximum Gasteiger partial charge on any atom is 0.187 e. The number of hydrogen-bond donors (Lipinski definition) is 2. The van der Waals surface area contributed by atoms with Gasteiger partial charge in [0, 0.05) is 6.04 Å². The number of aryl methyl sites for hydroxylation is 1. The molecule has 0 aromatic heterocycles. The van der Waals surface area contributed by atoms with E-state index in [1.54, 1.807) is 19.1 Å². The van der Waals surface area contributed by atoms with Crippen LogP contribution in [0.2, 0.25) is 0 Å². The molecule has 2 rings (SSSR count). The predicted molar refractivity (Wildman–Crippen MR) is 62.3 cm³/mol. The molecule has 1 heterocycles. The van der Waals surface area contributed by atoms with E-state index in [1.165, 1.54) is 0 Å². The second-order valence-electron chi connectivity index (χ2n) is 4.20. The zero-order valence-electron chi connectivity index (χ0n) is 9.27. The fraction of sp³-hybridized carbons (Fsp3) is 0.455. The quantitative estimate of drug-likeness (QED) is 0.768. The number of aliphatic hydroxyl groups excluding tert-OH is 1. The Morgan fingerprint density at radius 2 is 2.12 bits per heavy atom. The molecule has 88 valence electrons. The number of aliphatic hydroxyl groups is 1. The van der Waals surface area contributed by atoms with E-state index in [0.29, 0.717) is 5.69 Å². The average Bonchev–Trinajstić information content (AvgIpc) is 2.16. The van der Waals surface area contributed by atoms with Gasteiger partial charge in [-0.3, -0.25) is 0 Å². The second-order valence-corrected chi connectivity index (χ2v) is 6.33. The summed E-state index contributed by atoms with van der Waals surface area (Å²) in [7, 11) is -3.41. The Kier molecular flexibility index (Phi) is 2.67. The molecule has 2 unspecified atom stereocenters. The van der Waals surface area contributed by atoms with Crippen LogP contribution in [-0.2, 0) is 9.84 Å². The highest BCUT2D eigenvalue weighted by Crippen LogP contribution is 2.32. The minimum absolute atomic E-state index is 0.274. The molecule has 1 aromatic carbocycles. The van der Waals surface area contributed by atoms with E-state index >= 15 is 0 Å². The van der Waals surface area contributed by atoms with Gasteiger partial charge in [0.2, 0.25) is 0 Å². The van der Waals surface area contributed by atoms with Gasteiger partial charge in [-0.1, -0.05) is 6.07 Å². The van der Waals surface area contributed by atoms with Gasteiger partial charge in [0.25, 0.3) is 0 Å². The van der Waals surface area contributed by atoms with Crippen molar-refractivity contribution in [3.8, 4) is 0 Å². The third-order valence-corrected chi connectivity index (χ3v) is 5.28. The van der Waals surface area contributed by atoms with Crippen molar-refractivity contribution in [2.75, 3.05) is 11.9 Å². The number of benzene rings is 1. The Bertz CT molecular complexity index is 510. The molecule has 0 radical (unpaired) electrons. The van der Waals surface area contributed by atoms with Crippen molar-refractivity contribution >= 4 is 15.5 Å². The van der Waals surface area contributed by atoms with Crippen LogP contribution in [0.3, 0.4) is 0 Å². The lowest BCUT2D eigenvalue weighted by Gasteiger charge is -2.31. The van der Waals surface area contributed by atoms with E-state index in [4.69, 9.17) is 5.11 Å². The van der Waals surface area contributed by atoms with Crippen molar-refractivity contribution in [2.24, 2.45) is 0 Å². The van der Waals surface area contributed by atoms with Crippen molar-refractivity contribution in [2.45, 2.75) is 30.0 Å². The predicted octanol–water partition coefficient (Wildman–Crippen LogP) is 0.944. The summed E-state index contributed by atoms with van der Waals surface area (Å²) in [5.74, 6) is 0. The van der Waals surface area contributed by atoms with Crippen LogP contribution in [-0.4, -0.2) is 31.4 Å². The second kappa shape index (κ2) is 3.75. The SMILES string of the molecule is Cc1ccc2c(c1)NC(C)C(CO)S2(=O)=O. The highest BCUT2D eigenvalue weighted by molar-refractivity contribution is 7.92. The van der Waals surface area contributed by atoms with Gasteiger partial charge < -0.3 is 10.4 Å². The summed E-state index contributed by atoms with van der Waals surface area (Å²) in [4.78, 5) is 0.287. The molecule has 0 amide bonds. The van der Waals surface area contributed by atoms with Crippen LogP contribution in [0.1, 0.15) is 12.5 Å². The van der Waals surface area contributed by atoms with E-state index < -0.39 is 15.1 Å². The third-order valence-electron chi connectivity index (χ3n) is 2.96.